The second kappa shape index (κ2) is 1.71. The maximum atomic E-state index is 13.2. The number of carbonyl (C=O) groups excluding carboxylic acids is 1. The summed E-state index contributed by atoms with van der Waals surface area (Å²) in [6.07, 6.45) is 0.284. The van der Waals surface area contributed by atoms with Gasteiger partial charge in [0.05, 0.1) is 7.11 Å². The molecule has 1 atom stereocenters. The molecule has 10 heavy (non-hydrogen) atoms. The molecule has 1 aliphatic rings. The van der Waals surface area contributed by atoms with Gasteiger partial charge in [-0.15, -0.1) is 0 Å². The van der Waals surface area contributed by atoms with Gasteiger partial charge < -0.3 is 4.74 Å². The zero-order chi connectivity index (χ0) is 7.99. The maximum absolute atomic E-state index is 13.2. The lowest BCUT2D eigenvalue weighted by Gasteiger charge is -2.06. The average molecular weight is 146 g/mol. The largest absolute Gasteiger partial charge is 0.467 e. The molecular weight excluding hydrogens is 135 g/mol. The Labute approximate surface area is 59.4 Å². The second-order valence-electron chi connectivity index (χ2n) is 3.35. The summed E-state index contributed by atoms with van der Waals surface area (Å²) >= 11 is 0. The molecule has 1 saturated carbocycles. The standard InChI is InChI=1S/C7H11FO2/c1-6(2)4-7(6,8)5(9)10-3/h4H2,1-3H3/t7-/m1/s1. The van der Waals surface area contributed by atoms with Crippen LogP contribution in [0.4, 0.5) is 4.39 Å². The molecular formula is C7H11FO2. The Morgan fingerprint density at radius 3 is 2.10 bits per heavy atom. The highest BCUT2D eigenvalue weighted by Crippen LogP contribution is 2.59. The molecule has 0 unspecified atom stereocenters. The summed E-state index contributed by atoms with van der Waals surface area (Å²) < 4.78 is 17.5. The van der Waals surface area contributed by atoms with Crippen LogP contribution in [0.15, 0.2) is 0 Å². The van der Waals surface area contributed by atoms with Crippen LogP contribution in [0.2, 0.25) is 0 Å². The molecule has 0 heterocycles. The highest BCUT2D eigenvalue weighted by atomic mass is 19.1. The number of esters is 1. The van der Waals surface area contributed by atoms with E-state index >= 15 is 0 Å². The highest BCUT2D eigenvalue weighted by molar-refractivity contribution is 5.84. The monoisotopic (exact) mass is 146 g/mol. The van der Waals surface area contributed by atoms with Gasteiger partial charge in [-0.25, -0.2) is 9.18 Å². The summed E-state index contributed by atoms with van der Waals surface area (Å²) in [6.45, 7) is 3.42. The quantitative estimate of drug-likeness (QED) is 0.521. The van der Waals surface area contributed by atoms with Crippen LogP contribution < -0.4 is 0 Å². The topological polar surface area (TPSA) is 26.3 Å². The van der Waals surface area contributed by atoms with Crippen LogP contribution in [-0.2, 0) is 9.53 Å². The van der Waals surface area contributed by atoms with Crippen molar-refractivity contribution in [2.75, 3.05) is 7.11 Å². The Morgan fingerprint density at radius 2 is 2.00 bits per heavy atom. The Balaban J connectivity index is 2.68. The normalized spacial score (nSPS) is 35.2. The number of ether oxygens (including phenoxy) is 1. The van der Waals surface area contributed by atoms with E-state index in [2.05, 4.69) is 4.74 Å². The van der Waals surface area contributed by atoms with E-state index in [-0.39, 0.29) is 6.42 Å². The van der Waals surface area contributed by atoms with Crippen molar-refractivity contribution in [1.29, 1.82) is 0 Å². The molecule has 0 spiro atoms. The highest BCUT2D eigenvalue weighted by Gasteiger charge is 2.69. The summed E-state index contributed by atoms with van der Waals surface area (Å²) in [7, 11) is 1.21. The molecule has 0 N–H and O–H groups in total. The minimum atomic E-state index is -1.71. The minimum Gasteiger partial charge on any atom is -0.467 e. The summed E-state index contributed by atoms with van der Waals surface area (Å²) in [5.74, 6) is -0.738. The molecule has 2 nitrogen and oxygen atoms in total. The fourth-order valence-electron chi connectivity index (χ4n) is 1.08. The molecule has 0 aliphatic heterocycles. The molecule has 0 aromatic carbocycles. The van der Waals surface area contributed by atoms with Gasteiger partial charge in [0.15, 0.2) is 0 Å². The van der Waals surface area contributed by atoms with Crippen molar-refractivity contribution in [3.05, 3.63) is 0 Å². The summed E-state index contributed by atoms with van der Waals surface area (Å²) in [5.41, 5.74) is -2.22. The van der Waals surface area contributed by atoms with Crippen molar-refractivity contribution < 1.29 is 13.9 Å². The number of halogens is 1. The van der Waals surface area contributed by atoms with Crippen molar-refractivity contribution in [1.82, 2.24) is 0 Å². The molecule has 1 rings (SSSR count). The lowest BCUT2D eigenvalue weighted by atomic mass is 10.1. The zero-order valence-corrected chi connectivity index (χ0v) is 6.40. The predicted molar refractivity (Wildman–Crippen MR) is 34.3 cm³/mol. The van der Waals surface area contributed by atoms with E-state index in [0.29, 0.717) is 0 Å². The smallest absolute Gasteiger partial charge is 0.344 e. The van der Waals surface area contributed by atoms with E-state index in [1.54, 1.807) is 13.8 Å². The van der Waals surface area contributed by atoms with Gasteiger partial charge in [0, 0.05) is 11.8 Å². The van der Waals surface area contributed by atoms with Gasteiger partial charge in [-0.2, -0.15) is 0 Å². The van der Waals surface area contributed by atoms with Crippen LogP contribution in [-0.4, -0.2) is 18.7 Å². The summed E-state index contributed by atoms with van der Waals surface area (Å²) in [4.78, 5) is 10.7. The first kappa shape index (κ1) is 7.51. The molecule has 0 amide bonds. The average Bonchev–Trinajstić information content (AvgIpc) is 2.32. The molecule has 0 bridgehead atoms. The van der Waals surface area contributed by atoms with Gasteiger partial charge in [0.25, 0.3) is 0 Å². The molecule has 0 aromatic rings. The Hall–Kier alpha value is -0.600. The first-order valence-corrected chi connectivity index (χ1v) is 3.21. The lowest BCUT2D eigenvalue weighted by molar-refractivity contribution is -0.149. The van der Waals surface area contributed by atoms with Gasteiger partial charge in [-0.1, -0.05) is 13.8 Å². The SMILES string of the molecule is COC(=O)[C@]1(F)CC1(C)C. The minimum absolute atomic E-state index is 0.284. The number of hydrogen-bond donors (Lipinski definition) is 0. The van der Waals surface area contributed by atoms with Crippen LogP contribution >= 0.6 is 0 Å². The van der Waals surface area contributed by atoms with Gasteiger partial charge in [0.1, 0.15) is 0 Å². The van der Waals surface area contributed by atoms with Crippen molar-refractivity contribution >= 4 is 5.97 Å². The van der Waals surface area contributed by atoms with Gasteiger partial charge in [-0.05, 0) is 0 Å². The van der Waals surface area contributed by atoms with Gasteiger partial charge >= 0.3 is 5.97 Å². The summed E-state index contributed by atoms with van der Waals surface area (Å²) in [5, 5.41) is 0. The van der Waals surface area contributed by atoms with E-state index < -0.39 is 17.1 Å². The molecule has 58 valence electrons. The summed E-state index contributed by atoms with van der Waals surface area (Å²) in [6, 6.07) is 0. The fourth-order valence-corrected chi connectivity index (χ4v) is 1.08. The molecule has 0 saturated heterocycles. The number of methoxy groups -OCH3 is 1. The van der Waals surface area contributed by atoms with E-state index in [4.69, 9.17) is 0 Å². The lowest BCUT2D eigenvalue weighted by Crippen LogP contribution is -2.24. The van der Waals surface area contributed by atoms with E-state index in [9.17, 15) is 9.18 Å². The van der Waals surface area contributed by atoms with Crippen LogP contribution in [0.25, 0.3) is 0 Å². The molecule has 1 fully saturated rings. The molecule has 1 aliphatic carbocycles. The third-order valence-corrected chi connectivity index (χ3v) is 2.14. The van der Waals surface area contributed by atoms with Crippen LogP contribution in [0.5, 0.6) is 0 Å². The molecule has 3 heteroatoms. The molecule has 0 aromatic heterocycles. The van der Waals surface area contributed by atoms with Crippen LogP contribution in [0.1, 0.15) is 20.3 Å². The van der Waals surface area contributed by atoms with Gasteiger partial charge in [-0.3, -0.25) is 0 Å². The maximum Gasteiger partial charge on any atom is 0.344 e. The van der Waals surface area contributed by atoms with Crippen LogP contribution in [0.3, 0.4) is 0 Å². The van der Waals surface area contributed by atoms with Gasteiger partial charge in [0.2, 0.25) is 5.67 Å². The number of alkyl halides is 1. The second-order valence-corrected chi connectivity index (χ2v) is 3.35. The Kier molecular flexibility index (Phi) is 1.28. The van der Waals surface area contributed by atoms with Crippen LogP contribution in [0, 0.1) is 5.41 Å². The molecule has 0 radical (unpaired) electrons. The Bertz CT molecular complexity index is 176. The van der Waals surface area contributed by atoms with Crippen molar-refractivity contribution in [3.63, 3.8) is 0 Å². The van der Waals surface area contributed by atoms with Crippen molar-refractivity contribution in [2.45, 2.75) is 25.9 Å². The van der Waals surface area contributed by atoms with Crippen molar-refractivity contribution in [2.24, 2.45) is 5.41 Å². The van der Waals surface area contributed by atoms with E-state index in [1.165, 1.54) is 7.11 Å². The number of carbonyl (C=O) groups is 1. The third-order valence-electron chi connectivity index (χ3n) is 2.14. The van der Waals surface area contributed by atoms with Crippen molar-refractivity contribution in [3.8, 4) is 0 Å². The first-order valence-electron chi connectivity index (χ1n) is 3.21. The Morgan fingerprint density at radius 1 is 1.60 bits per heavy atom. The third kappa shape index (κ3) is 0.728. The predicted octanol–water partition coefficient (Wildman–Crippen LogP) is 1.30. The van der Waals surface area contributed by atoms with E-state index in [1.807, 2.05) is 0 Å². The number of hydrogen-bond acceptors (Lipinski definition) is 2. The number of rotatable bonds is 1. The zero-order valence-electron chi connectivity index (χ0n) is 6.40. The first-order chi connectivity index (χ1) is 4.44. The van der Waals surface area contributed by atoms with E-state index in [0.717, 1.165) is 0 Å². The fraction of sp³-hybridized carbons (Fsp3) is 0.857.